The highest BCUT2D eigenvalue weighted by Crippen LogP contribution is 2.62. The zero-order chi connectivity index (χ0) is 21.5. The molecule has 3 saturated carbocycles. The zero-order valence-electron chi connectivity index (χ0n) is 17.6. The van der Waals surface area contributed by atoms with Gasteiger partial charge in [-0.2, -0.15) is 4.99 Å². The van der Waals surface area contributed by atoms with Crippen LogP contribution < -0.4 is 0 Å². The molecule has 1 aromatic rings. The summed E-state index contributed by atoms with van der Waals surface area (Å²) in [5, 5.41) is 0. The number of nitrogens with zero attached hydrogens (tertiary/aromatic N) is 2. The van der Waals surface area contributed by atoms with Gasteiger partial charge in [0, 0.05) is 6.04 Å². The lowest BCUT2D eigenvalue weighted by atomic mass is 9.44. The van der Waals surface area contributed by atoms with Crippen molar-refractivity contribution in [1.82, 2.24) is 4.90 Å². The second-order valence-corrected chi connectivity index (χ2v) is 9.35. The number of fused-ring (bicyclic) bond motifs is 2. The first-order valence-corrected chi connectivity index (χ1v) is 10.6. The number of hydrogen-bond donors (Lipinski definition) is 0. The molecule has 1 heterocycles. The van der Waals surface area contributed by atoms with E-state index in [0.717, 1.165) is 6.42 Å². The fourth-order valence-corrected chi connectivity index (χ4v) is 5.71. The van der Waals surface area contributed by atoms with E-state index in [1.165, 1.54) is 12.5 Å². The highest BCUT2D eigenvalue weighted by molar-refractivity contribution is 6.51. The van der Waals surface area contributed by atoms with Gasteiger partial charge in [0.2, 0.25) is 6.08 Å². The maximum Gasteiger partial charge on any atom is 0.630 e. The predicted octanol–water partition coefficient (Wildman–Crippen LogP) is 2.56. The van der Waals surface area contributed by atoms with Crippen molar-refractivity contribution < 1.29 is 23.7 Å². The van der Waals surface area contributed by atoms with Crippen LogP contribution in [0.4, 0.5) is 0 Å². The molecule has 3 aliphatic carbocycles. The Kier molecular flexibility index (Phi) is 5.56. The van der Waals surface area contributed by atoms with Gasteiger partial charge in [0.05, 0.1) is 13.1 Å². The molecule has 5 atom stereocenters. The van der Waals surface area contributed by atoms with Crippen LogP contribution in [0.3, 0.4) is 0 Å². The molecular formula is C22H27BN2O5. The molecule has 0 N–H and O–H groups in total. The number of carbonyl (C=O) groups excluding carboxylic acids is 3. The maximum absolute atomic E-state index is 12.7. The molecule has 30 heavy (non-hydrogen) atoms. The normalized spacial score (nSPS) is 31.9. The van der Waals surface area contributed by atoms with Gasteiger partial charge in [0.15, 0.2) is 5.94 Å². The average molecular weight is 410 g/mol. The van der Waals surface area contributed by atoms with Crippen molar-refractivity contribution in [2.24, 2.45) is 28.2 Å². The topological polar surface area (TPSA) is 85.3 Å². The van der Waals surface area contributed by atoms with Gasteiger partial charge in [-0.05, 0) is 41.6 Å². The SMILES string of the molecule is C[C@@H]1[C@H]2C[C@@H](C[C@@H]1N1CC(=O)OB(C(N=C=O)c3ccccc3)OC(=O)C1)C2(C)C. The molecule has 2 bridgehead atoms. The Bertz CT molecular complexity index is 850. The predicted molar refractivity (Wildman–Crippen MR) is 110 cm³/mol. The van der Waals surface area contributed by atoms with Crippen molar-refractivity contribution in [1.29, 1.82) is 0 Å². The van der Waals surface area contributed by atoms with Crippen molar-refractivity contribution in [3.63, 3.8) is 0 Å². The fraction of sp³-hybridized carbons (Fsp3) is 0.591. The van der Waals surface area contributed by atoms with Crippen LogP contribution in [0.15, 0.2) is 35.3 Å². The van der Waals surface area contributed by atoms with Crippen LogP contribution in [0.1, 0.15) is 45.1 Å². The van der Waals surface area contributed by atoms with E-state index in [-0.39, 0.29) is 19.1 Å². The molecule has 1 aromatic carbocycles. The Morgan fingerprint density at radius 3 is 2.30 bits per heavy atom. The summed E-state index contributed by atoms with van der Waals surface area (Å²) in [6.07, 6.45) is 3.68. The largest absolute Gasteiger partial charge is 0.630 e. The summed E-state index contributed by atoms with van der Waals surface area (Å²) in [4.78, 5) is 41.9. The molecule has 7 nitrogen and oxygen atoms in total. The molecule has 8 heteroatoms. The van der Waals surface area contributed by atoms with E-state index < -0.39 is 25.0 Å². The van der Waals surface area contributed by atoms with E-state index in [0.29, 0.717) is 28.7 Å². The highest BCUT2D eigenvalue weighted by Gasteiger charge is 2.57. The molecular weight excluding hydrogens is 383 g/mol. The minimum Gasteiger partial charge on any atom is -0.497 e. The van der Waals surface area contributed by atoms with Crippen molar-refractivity contribution in [3.8, 4) is 0 Å². The summed E-state index contributed by atoms with van der Waals surface area (Å²) in [7, 11) is -1.29. The maximum atomic E-state index is 12.7. The van der Waals surface area contributed by atoms with Crippen molar-refractivity contribution >= 4 is 25.1 Å². The molecule has 158 valence electrons. The molecule has 0 amide bonds. The van der Waals surface area contributed by atoms with Crippen molar-refractivity contribution in [2.45, 2.75) is 45.6 Å². The summed E-state index contributed by atoms with van der Waals surface area (Å²) in [6, 6.07) is 8.97. The molecule has 0 spiro atoms. The molecule has 4 aliphatic rings. The summed E-state index contributed by atoms with van der Waals surface area (Å²) >= 11 is 0. The number of rotatable bonds is 4. The Morgan fingerprint density at radius 2 is 1.77 bits per heavy atom. The smallest absolute Gasteiger partial charge is 0.497 e. The first-order valence-electron chi connectivity index (χ1n) is 10.6. The molecule has 1 saturated heterocycles. The van der Waals surface area contributed by atoms with E-state index in [1.807, 2.05) is 11.0 Å². The lowest BCUT2D eigenvalue weighted by molar-refractivity contribution is -0.160. The first kappa shape index (κ1) is 20.8. The van der Waals surface area contributed by atoms with Crippen LogP contribution in [-0.2, 0) is 23.7 Å². The van der Waals surface area contributed by atoms with E-state index in [1.54, 1.807) is 24.3 Å². The van der Waals surface area contributed by atoms with Gasteiger partial charge in [0.1, 0.15) is 0 Å². The van der Waals surface area contributed by atoms with Crippen LogP contribution in [-0.4, -0.2) is 49.2 Å². The number of isocyanates is 1. The van der Waals surface area contributed by atoms with Gasteiger partial charge in [0.25, 0.3) is 0 Å². The van der Waals surface area contributed by atoms with Crippen LogP contribution >= 0.6 is 0 Å². The number of aliphatic imine (C=N–C) groups is 1. The van der Waals surface area contributed by atoms with Gasteiger partial charge in [-0.15, -0.1) is 0 Å². The third-order valence-corrected chi connectivity index (χ3v) is 7.53. The quantitative estimate of drug-likeness (QED) is 0.431. The number of hydrogen-bond acceptors (Lipinski definition) is 7. The molecule has 0 aromatic heterocycles. The van der Waals surface area contributed by atoms with Gasteiger partial charge in [-0.1, -0.05) is 51.1 Å². The summed E-state index contributed by atoms with van der Waals surface area (Å²) < 4.78 is 10.9. The third-order valence-electron chi connectivity index (χ3n) is 7.53. The minimum atomic E-state index is -1.29. The van der Waals surface area contributed by atoms with E-state index in [9.17, 15) is 14.4 Å². The van der Waals surface area contributed by atoms with Gasteiger partial charge in [-0.25, -0.2) is 4.79 Å². The molecule has 1 aliphatic heterocycles. The number of benzene rings is 1. The lowest BCUT2D eigenvalue weighted by Crippen LogP contribution is -2.62. The second-order valence-electron chi connectivity index (χ2n) is 9.35. The highest BCUT2D eigenvalue weighted by atomic mass is 16.6. The van der Waals surface area contributed by atoms with Crippen LogP contribution in [0.2, 0.25) is 0 Å². The van der Waals surface area contributed by atoms with Gasteiger partial charge < -0.3 is 9.31 Å². The molecule has 5 rings (SSSR count). The third kappa shape index (κ3) is 3.70. The lowest BCUT2D eigenvalue weighted by Gasteiger charge is -2.63. The van der Waals surface area contributed by atoms with Gasteiger partial charge in [-0.3, -0.25) is 14.5 Å². The Labute approximate surface area is 177 Å². The standard InChI is InChI=1S/C22H27BN2O5/c1-14-17-9-16(22(17,2)3)10-18(14)25-11-19(27)29-23(30-20(28)12-25)21(24-13-26)15-7-5-4-6-8-15/h4-8,14,16-18,21H,9-12H2,1-3H3/t14-,16+,17-,18+,21?/m1/s1. The summed E-state index contributed by atoms with van der Waals surface area (Å²) in [6.45, 7) is 6.89. The van der Waals surface area contributed by atoms with Crippen LogP contribution in [0.5, 0.6) is 0 Å². The first-order chi connectivity index (χ1) is 14.3. The van der Waals surface area contributed by atoms with E-state index in [2.05, 4.69) is 25.8 Å². The van der Waals surface area contributed by atoms with E-state index >= 15 is 0 Å². The summed E-state index contributed by atoms with van der Waals surface area (Å²) in [5.74, 6) is -0.322. The Balaban J connectivity index is 1.50. The monoisotopic (exact) mass is 410 g/mol. The van der Waals surface area contributed by atoms with Crippen molar-refractivity contribution in [3.05, 3.63) is 35.9 Å². The molecule has 1 unspecified atom stereocenters. The van der Waals surface area contributed by atoms with Crippen molar-refractivity contribution in [2.75, 3.05) is 13.1 Å². The minimum absolute atomic E-state index is 0.0206. The fourth-order valence-electron chi connectivity index (χ4n) is 5.71. The average Bonchev–Trinajstić information content (AvgIpc) is 2.70. The Hall–Kier alpha value is -2.44. The summed E-state index contributed by atoms with van der Waals surface area (Å²) in [5.41, 5.74) is 0.924. The van der Waals surface area contributed by atoms with Crippen LogP contribution in [0, 0.1) is 23.2 Å². The number of carbonyl (C=O) groups is 2. The van der Waals surface area contributed by atoms with Crippen LogP contribution in [0.25, 0.3) is 0 Å². The second kappa shape index (κ2) is 8.01. The Morgan fingerprint density at radius 1 is 1.13 bits per heavy atom. The molecule has 4 fully saturated rings. The zero-order valence-corrected chi connectivity index (χ0v) is 17.6. The molecule has 0 radical (unpaired) electrons. The van der Waals surface area contributed by atoms with Gasteiger partial charge >= 0.3 is 19.1 Å². The van der Waals surface area contributed by atoms with E-state index in [4.69, 9.17) is 9.31 Å².